The van der Waals surface area contributed by atoms with Crippen molar-refractivity contribution in [3.63, 3.8) is 0 Å². The lowest BCUT2D eigenvalue weighted by atomic mass is 10.1. The summed E-state index contributed by atoms with van der Waals surface area (Å²) in [6.07, 6.45) is 2.54. The number of nitrogens with zero attached hydrogens (tertiary/aromatic N) is 1. The second kappa shape index (κ2) is 6.05. The number of likely N-dealkylation sites (tertiary alicyclic amines) is 1. The molecule has 23 heavy (non-hydrogen) atoms. The highest BCUT2D eigenvalue weighted by Gasteiger charge is 2.14. The molecular weight excluding hydrogens is 290 g/mol. The van der Waals surface area contributed by atoms with E-state index in [1.807, 2.05) is 36.4 Å². The van der Waals surface area contributed by atoms with Gasteiger partial charge in [0.1, 0.15) is 28.9 Å². The van der Waals surface area contributed by atoms with E-state index in [2.05, 4.69) is 4.90 Å². The van der Waals surface area contributed by atoms with Crippen LogP contribution in [-0.4, -0.2) is 31.1 Å². The number of benzene rings is 2. The van der Waals surface area contributed by atoms with E-state index in [1.54, 1.807) is 6.07 Å². The molecule has 4 rings (SSSR count). The number of para-hydroxylation sites is 1. The Balaban J connectivity index is 1.68. The van der Waals surface area contributed by atoms with Crippen LogP contribution in [0.15, 0.2) is 51.7 Å². The smallest absolute Gasteiger partial charge is 0.204 e. The maximum absolute atomic E-state index is 12.8. The Morgan fingerprint density at radius 1 is 1.00 bits per heavy atom. The Hall–Kier alpha value is -2.33. The van der Waals surface area contributed by atoms with Gasteiger partial charge >= 0.3 is 0 Å². The van der Waals surface area contributed by atoms with Crippen molar-refractivity contribution in [2.45, 2.75) is 12.8 Å². The summed E-state index contributed by atoms with van der Waals surface area (Å²) in [6, 6.07) is 12.9. The van der Waals surface area contributed by atoms with Crippen molar-refractivity contribution in [3.8, 4) is 5.75 Å². The van der Waals surface area contributed by atoms with Gasteiger partial charge in [-0.25, -0.2) is 0 Å². The van der Waals surface area contributed by atoms with Crippen molar-refractivity contribution >= 4 is 21.9 Å². The third-order valence-corrected chi connectivity index (χ3v) is 4.43. The lowest BCUT2D eigenvalue weighted by molar-refractivity contribution is 0.239. The van der Waals surface area contributed by atoms with E-state index >= 15 is 0 Å². The van der Waals surface area contributed by atoms with Gasteiger partial charge in [0.05, 0.1) is 5.39 Å². The second-order valence-electron chi connectivity index (χ2n) is 5.95. The molecule has 0 atom stereocenters. The van der Waals surface area contributed by atoms with Crippen LogP contribution in [0.5, 0.6) is 5.75 Å². The summed E-state index contributed by atoms with van der Waals surface area (Å²) in [7, 11) is 0. The van der Waals surface area contributed by atoms with Crippen molar-refractivity contribution in [1.29, 1.82) is 0 Å². The zero-order valence-electron chi connectivity index (χ0n) is 13.0. The van der Waals surface area contributed by atoms with E-state index in [9.17, 15) is 4.79 Å². The van der Waals surface area contributed by atoms with Gasteiger partial charge in [0.15, 0.2) is 0 Å². The largest absolute Gasteiger partial charge is 0.491 e. The van der Waals surface area contributed by atoms with E-state index in [1.165, 1.54) is 12.8 Å². The highest BCUT2D eigenvalue weighted by molar-refractivity contribution is 5.93. The molecule has 2 aromatic carbocycles. The first-order valence-electron chi connectivity index (χ1n) is 8.13. The summed E-state index contributed by atoms with van der Waals surface area (Å²) in [5.41, 5.74) is 1.16. The van der Waals surface area contributed by atoms with Crippen LogP contribution >= 0.6 is 0 Å². The van der Waals surface area contributed by atoms with Crippen LogP contribution in [0.4, 0.5) is 0 Å². The van der Waals surface area contributed by atoms with Crippen LogP contribution in [-0.2, 0) is 0 Å². The molecule has 0 saturated carbocycles. The number of fused-ring (bicyclic) bond motifs is 2. The third kappa shape index (κ3) is 2.70. The van der Waals surface area contributed by atoms with Crippen LogP contribution < -0.4 is 10.2 Å². The fourth-order valence-electron chi connectivity index (χ4n) is 3.23. The minimum absolute atomic E-state index is 0.0291. The van der Waals surface area contributed by atoms with Gasteiger partial charge in [0.2, 0.25) is 5.43 Å². The Labute approximate surface area is 134 Å². The maximum atomic E-state index is 12.8. The molecule has 0 bridgehead atoms. The van der Waals surface area contributed by atoms with Crippen molar-refractivity contribution < 1.29 is 9.15 Å². The van der Waals surface area contributed by atoms with Crippen molar-refractivity contribution in [2.75, 3.05) is 26.2 Å². The lowest BCUT2D eigenvalue weighted by Crippen LogP contribution is -2.25. The molecule has 1 aliphatic rings. The molecule has 118 valence electrons. The van der Waals surface area contributed by atoms with Crippen molar-refractivity contribution in [3.05, 3.63) is 52.7 Å². The van der Waals surface area contributed by atoms with Gasteiger partial charge in [0, 0.05) is 6.54 Å². The summed E-state index contributed by atoms with van der Waals surface area (Å²) in [4.78, 5) is 15.2. The molecule has 2 heterocycles. The van der Waals surface area contributed by atoms with Gasteiger partial charge in [-0.05, 0) is 50.2 Å². The second-order valence-corrected chi connectivity index (χ2v) is 5.95. The van der Waals surface area contributed by atoms with Gasteiger partial charge in [-0.3, -0.25) is 9.69 Å². The lowest BCUT2D eigenvalue weighted by Gasteiger charge is -2.15. The van der Waals surface area contributed by atoms with E-state index in [0.717, 1.165) is 19.6 Å². The van der Waals surface area contributed by atoms with Crippen LogP contribution in [0.2, 0.25) is 0 Å². The monoisotopic (exact) mass is 309 g/mol. The summed E-state index contributed by atoms with van der Waals surface area (Å²) in [5.74, 6) is 0.612. The Morgan fingerprint density at radius 3 is 2.65 bits per heavy atom. The quantitative estimate of drug-likeness (QED) is 0.693. The van der Waals surface area contributed by atoms with Crippen molar-refractivity contribution in [2.24, 2.45) is 0 Å². The molecule has 1 aromatic heterocycles. The highest BCUT2D eigenvalue weighted by atomic mass is 16.5. The SMILES string of the molecule is O=c1c2ccccc2oc2cccc(OCCN3CCCC3)c12. The van der Waals surface area contributed by atoms with Gasteiger partial charge in [-0.1, -0.05) is 18.2 Å². The average molecular weight is 309 g/mol. The number of hydrogen-bond acceptors (Lipinski definition) is 4. The summed E-state index contributed by atoms with van der Waals surface area (Å²) in [6.45, 7) is 3.78. The fourth-order valence-corrected chi connectivity index (χ4v) is 3.23. The molecule has 1 saturated heterocycles. The predicted molar refractivity (Wildman–Crippen MR) is 91.2 cm³/mol. The van der Waals surface area contributed by atoms with Gasteiger partial charge in [-0.15, -0.1) is 0 Å². The molecule has 4 heteroatoms. The first kappa shape index (κ1) is 14.3. The summed E-state index contributed by atoms with van der Waals surface area (Å²) < 4.78 is 11.8. The minimum Gasteiger partial charge on any atom is -0.491 e. The Bertz CT molecular complexity index is 894. The molecule has 1 fully saturated rings. The van der Waals surface area contributed by atoms with E-state index in [-0.39, 0.29) is 5.43 Å². The number of hydrogen-bond donors (Lipinski definition) is 0. The van der Waals surface area contributed by atoms with Gasteiger partial charge in [-0.2, -0.15) is 0 Å². The van der Waals surface area contributed by atoms with E-state index < -0.39 is 0 Å². The molecule has 0 radical (unpaired) electrons. The van der Waals surface area contributed by atoms with Crippen LogP contribution in [0.1, 0.15) is 12.8 Å². The summed E-state index contributed by atoms with van der Waals surface area (Å²) in [5, 5.41) is 1.13. The topological polar surface area (TPSA) is 42.7 Å². The molecule has 3 aromatic rings. The van der Waals surface area contributed by atoms with E-state index in [4.69, 9.17) is 9.15 Å². The first-order chi connectivity index (χ1) is 11.3. The summed E-state index contributed by atoms with van der Waals surface area (Å²) >= 11 is 0. The van der Waals surface area contributed by atoms with Crippen LogP contribution in [0, 0.1) is 0 Å². The molecule has 1 aliphatic heterocycles. The maximum Gasteiger partial charge on any atom is 0.204 e. The highest BCUT2D eigenvalue weighted by Crippen LogP contribution is 2.26. The molecule has 0 spiro atoms. The molecule has 0 amide bonds. The zero-order valence-corrected chi connectivity index (χ0v) is 13.0. The molecule has 0 aliphatic carbocycles. The zero-order chi connectivity index (χ0) is 15.6. The average Bonchev–Trinajstić information content (AvgIpc) is 3.08. The standard InChI is InChI=1S/C19H19NO3/c21-19-14-6-1-2-7-15(14)23-17-9-5-8-16(18(17)19)22-13-12-20-10-3-4-11-20/h1-2,5-9H,3-4,10-13H2. The fraction of sp³-hybridized carbons (Fsp3) is 0.316. The Morgan fingerprint density at radius 2 is 1.78 bits per heavy atom. The molecule has 4 nitrogen and oxygen atoms in total. The minimum atomic E-state index is -0.0291. The predicted octanol–water partition coefficient (Wildman–Crippen LogP) is 3.42. The Kier molecular flexibility index (Phi) is 3.75. The van der Waals surface area contributed by atoms with Crippen LogP contribution in [0.25, 0.3) is 21.9 Å². The third-order valence-electron chi connectivity index (χ3n) is 4.43. The van der Waals surface area contributed by atoms with Gasteiger partial charge in [0.25, 0.3) is 0 Å². The molecule has 0 N–H and O–H groups in total. The first-order valence-corrected chi connectivity index (χ1v) is 8.13. The van der Waals surface area contributed by atoms with Crippen LogP contribution in [0.3, 0.4) is 0 Å². The number of rotatable bonds is 4. The van der Waals surface area contributed by atoms with Crippen molar-refractivity contribution in [1.82, 2.24) is 4.90 Å². The molecular formula is C19H19NO3. The normalized spacial score (nSPS) is 15.5. The van der Waals surface area contributed by atoms with E-state index in [0.29, 0.717) is 34.3 Å². The van der Waals surface area contributed by atoms with Gasteiger partial charge < -0.3 is 9.15 Å². The number of ether oxygens (including phenoxy) is 1. The molecule has 0 unspecified atom stereocenters.